The number of hydrogen-bond donors (Lipinski definition) is 0. The summed E-state index contributed by atoms with van der Waals surface area (Å²) in [6.45, 7) is 14.2. The van der Waals surface area contributed by atoms with Crippen molar-refractivity contribution in [2.75, 3.05) is 25.5 Å². The fourth-order valence-electron chi connectivity index (χ4n) is 3.80. The van der Waals surface area contributed by atoms with Crippen molar-refractivity contribution >= 4 is 18.3 Å². The Balaban J connectivity index is 2.00. The zero-order valence-corrected chi connectivity index (χ0v) is 17.8. The van der Waals surface area contributed by atoms with Crippen LogP contribution in [0.25, 0.3) is 0 Å². The van der Waals surface area contributed by atoms with E-state index in [0.29, 0.717) is 12.1 Å². The average Bonchev–Trinajstić information content (AvgIpc) is 3.06. The molecule has 0 saturated carbocycles. The number of hydrogen-bond acceptors (Lipinski definition) is 4. The van der Waals surface area contributed by atoms with Gasteiger partial charge in [-0.25, -0.2) is 0 Å². The molecular weight excluding hydrogens is 323 g/mol. The molecule has 0 amide bonds. The summed E-state index contributed by atoms with van der Waals surface area (Å²) >= 11 is 0. The van der Waals surface area contributed by atoms with Crippen LogP contribution in [-0.4, -0.2) is 49.9 Å². The molecule has 2 saturated heterocycles. The lowest BCUT2D eigenvalue weighted by molar-refractivity contribution is 0.00578. The van der Waals surface area contributed by atoms with Gasteiger partial charge in [-0.2, -0.15) is 0 Å². The zero-order chi connectivity index (χ0) is 19.3. The van der Waals surface area contributed by atoms with Crippen molar-refractivity contribution in [2.45, 2.75) is 77.7 Å². The molecule has 5 heteroatoms. The largest absolute Gasteiger partial charge is 0.494 e. The minimum Gasteiger partial charge on any atom is -0.399 e. The van der Waals surface area contributed by atoms with E-state index in [0.717, 1.165) is 12.0 Å². The molecule has 26 heavy (non-hydrogen) atoms. The van der Waals surface area contributed by atoms with Gasteiger partial charge >= 0.3 is 7.12 Å². The highest BCUT2D eigenvalue weighted by atomic mass is 16.7. The van der Waals surface area contributed by atoms with Gasteiger partial charge in [-0.05, 0) is 91.6 Å². The van der Waals surface area contributed by atoms with Crippen LogP contribution < -0.4 is 10.4 Å². The fraction of sp³-hybridized carbons (Fsp3) is 0.714. The molecule has 0 aliphatic carbocycles. The Bertz CT molecular complexity index is 643. The van der Waals surface area contributed by atoms with Crippen molar-refractivity contribution in [3.63, 3.8) is 0 Å². The highest BCUT2D eigenvalue weighted by molar-refractivity contribution is 6.62. The summed E-state index contributed by atoms with van der Waals surface area (Å²) in [4.78, 5) is 4.78. The van der Waals surface area contributed by atoms with E-state index in [9.17, 15) is 0 Å². The first-order valence-corrected chi connectivity index (χ1v) is 9.95. The smallest absolute Gasteiger partial charge is 0.399 e. The predicted molar refractivity (Wildman–Crippen MR) is 110 cm³/mol. The Morgan fingerprint density at radius 1 is 1.12 bits per heavy atom. The predicted octanol–water partition coefficient (Wildman–Crippen LogP) is 3.60. The second kappa shape index (κ2) is 6.85. The molecule has 2 atom stereocenters. The lowest BCUT2D eigenvalue weighted by Gasteiger charge is -2.32. The lowest BCUT2D eigenvalue weighted by Crippen LogP contribution is -2.41. The molecule has 3 rings (SSSR count). The van der Waals surface area contributed by atoms with Crippen LogP contribution in [0.5, 0.6) is 0 Å². The summed E-state index contributed by atoms with van der Waals surface area (Å²) in [5, 5.41) is 0. The van der Waals surface area contributed by atoms with Crippen molar-refractivity contribution in [1.82, 2.24) is 4.90 Å². The molecule has 1 aromatic rings. The standard InChI is InChI=1S/C21H35BN2O2/c1-15-10-9-11-24(15)19-13-17(16(2)23(7)8)12-18(14-19)22-25-20(3,4)21(5,6)26-22/h12-16H,9-11H2,1-8H3/t15-,16?/m1/s1. The Labute approximate surface area is 160 Å². The van der Waals surface area contributed by atoms with Crippen LogP contribution in [0, 0.1) is 0 Å². The van der Waals surface area contributed by atoms with E-state index >= 15 is 0 Å². The summed E-state index contributed by atoms with van der Waals surface area (Å²) in [5.41, 5.74) is 3.11. The monoisotopic (exact) mass is 358 g/mol. The summed E-state index contributed by atoms with van der Waals surface area (Å²) in [6, 6.07) is 7.81. The second-order valence-corrected chi connectivity index (χ2v) is 9.27. The molecule has 2 heterocycles. The molecule has 0 N–H and O–H groups in total. The molecule has 2 aliphatic heterocycles. The third kappa shape index (κ3) is 3.54. The van der Waals surface area contributed by atoms with E-state index in [1.807, 2.05) is 0 Å². The van der Waals surface area contributed by atoms with E-state index in [4.69, 9.17) is 9.31 Å². The number of rotatable bonds is 4. The van der Waals surface area contributed by atoms with Crippen molar-refractivity contribution in [1.29, 1.82) is 0 Å². The topological polar surface area (TPSA) is 24.9 Å². The van der Waals surface area contributed by atoms with Crippen molar-refractivity contribution in [3.8, 4) is 0 Å². The SMILES string of the molecule is CC(c1cc(B2OC(C)(C)C(C)(C)O2)cc(N2CCC[C@H]2C)c1)N(C)C. The van der Waals surface area contributed by atoms with Crippen molar-refractivity contribution in [2.24, 2.45) is 0 Å². The van der Waals surface area contributed by atoms with Gasteiger partial charge in [0.05, 0.1) is 11.2 Å². The van der Waals surface area contributed by atoms with E-state index < -0.39 is 0 Å². The van der Waals surface area contributed by atoms with Crippen molar-refractivity contribution in [3.05, 3.63) is 23.8 Å². The Morgan fingerprint density at radius 3 is 2.23 bits per heavy atom. The van der Waals surface area contributed by atoms with Gasteiger partial charge in [0.2, 0.25) is 0 Å². The molecule has 144 valence electrons. The maximum Gasteiger partial charge on any atom is 0.494 e. The van der Waals surface area contributed by atoms with Gasteiger partial charge in [0.15, 0.2) is 0 Å². The van der Waals surface area contributed by atoms with Gasteiger partial charge in [0, 0.05) is 24.3 Å². The second-order valence-electron chi connectivity index (χ2n) is 9.27. The minimum atomic E-state index is -0.318. The molecule has 0 spiro atoms. The maximum atomic E-state index is 6.34. The summed E-state index contributed by atoms with van der Waals surface area (Å²) in [7, 11) is 3.94. The maximum absolute atomic E-state index is 6.34. The van der Waals surface area contributed by atoms with Gasteiger partial charge in [0.25, 0.3) is 0 Å². The summed E-state index contributed by atoms with van der Waals surface area (Å²) in [6.07, 6.45) is 2.53. The molecule has 1 aromatic carbocycles. The van der Waals surface area contributed by atoms with E-state index in [2.05, 4.69) is 83.6 Å². The molecule has 1 unspecified atom stereocenters. The molecule has 0 bridgehead atoms. The van der Waals surface area contributed by atoms with Crippen molar-refractivity contribution < 1.29 is 9.31 Å². The Kier molecular flexibility index (Phi) is 5.19. The quantitative estimate of drug-likeness (QED) is 0.768. The number of nitrogens with zero attached hydrogens (tertiary/aromatic N) is 2. The first-order chi connectivity index (χ1) is 12.0. The average molecular weight is 358 g/mol. The van der Waals surface area contributed by atoms with Gasteiger partial charge in [-0.15, -0.1) is 0 Å². The molecule has 2 aliphatic rings. The molecule has 0 aromatic heterocycles. The van der Waals surface area contributed by atoms with Gasteiger partial charge in [-0.3, -0.25) is 0 Å². The molecule has 0 radical (unpaired) electrons. The van der Waals surface area contributed by atoms with Crippen LogP contribution in [0.1, 0.15) is 66.0 Å². The Morgan fingerprint density at radius 2 is 1.73 bits per heavy atom. The molecule has 4 nitrogen and oxygen atoms in total. The lowest BCUT2D eigenvalue weighted by atomic mass is 9.77. The third-order valence-corrected chi connectivity index (χ3v) is 6.63. The van der Waals surface area contributed by atoms with E-state index in [1.54, 1.807) is 0 Å². The van der Waals surface area contributed by atoms with Gasteiger partial charge in [0.1, 0.15) is 0 Å². The summed E-state index contributed by atoms with van der Waals surface area (Å²) < 4.78 is 12.7. The normalized spacial score (nSPS) is 26.0. The Hall–Kier alpha value is -1.04. The van der Waals surface area contributed by atoms with E-state index in [-0.39, 0.29) is 18.3 Å². The number of benzene rings is 1. The van der Waals surface area contributed by atoms with Gasteiger partial charge < -0.3 is 19.1 Å². The minimum absolute atomic E-state index is 0.314. The fourth-order valence-corrected chi connectivity index (χ4v) is 3.80. The third-order valence-electron chi connectivity index (χ3n) is 6.63. The highest BCUT2D eigenvalue weighted by Crippen LogP contribution is 2.37. The van der Waals surface area contributed by atoms with Crippen LogP contribution >= 0.6 is 0 Å². The molecule has 2 fully saturated rings. The first-order valence-electron chi connectivity index (χ1n) is 9.95. The van der Waals surface area contributed by atoms with Crippen LogP contribution in [0.2, 0.25) is 0 Å². The van der Waals surface area contributed by atoms with E-state index in [1.165, 1.54) is 24.1 Å². The summed E-state index contributed by atoms with van der Waals surface area (Å²) in [5.74, 6) is 0. The van der Waals surface area contributed by atoms with Gasteiger partial charge in [-0.1, -0.05) is 6.07 Å². The molecular formula is C21H35BN2O2. The number of anilines is 1. The van der Waals surface area contributed by atoms with Crippen LogP contribution in [0.4, 0.5) is 5.69 Å². The first kappa shape index (κ1) is 19.7. The zero-order valence-electron chi connectivity index (χ0n) is 17.8. The van der Waals surface area contributed by atoms with Crippen LogP contribution in [-0.2, 0) is 9.31 Å². The van der Waals surface area contributed by atoms with Crippen LogP contribution in [0.15, 0.2) is 18.2 Å². The van der Waals surface area contributed by atoms with Crippen LogP contribution in [0.3, 0.4) is 0 Å². The highest BCUT2D eigenvalue weighted by Gasteiger charge is 2.51.